The molecular weight excluding hydrogens is 406 g/mol. The highest BCUT2D eigenvalue weighted by Crippen LogP contribution is 2.31. The van der Waals surface area contributed by atoms with Crippen LogP contribution < -0.4 is 14.4 Å². The van der Waals surface area contributed by atoms with E-state index in [1.807, 2.05) is 60.5 Å². The molecule has 0 atom stereocenters. The minimum absolute atomic E-state index is 0.218. The van der Waals surface area contributed by atoms with Gasteiger partial charge in [-0.3, -0.25) is 9.80 Å². The maximum atomic E-state index is 9.09. The maximum Gasteiger partial charge on any atom is 0.319 e. The number of benzene rings is 2. The maximum absolute atomic E-state index is 9.09. The molecule has 1 saturated heterocycles. The minimum atomic E-state index is 0.218. The van der Waals surface area contributed by atoms with Crippen LogP contribution >= 0.6 is 0 Å². The zero-order valence-electron chi connectivity index (χ0n) is 18.8. The molecule has 0 unspecified atom stereocenters. The molecule has 0 radical (unpaired) electrons. The molecule has 32 heavy (non-hydrogen) atoms. The second-order valence-electron chi connectivity index (χ2n) is 7.86. The molecule has 8 nitrogen and oxygen atoms in total. The fraction of sp³-hybridized carbons (Fsp3) is 0.417. The lowest BCUT2D eigenvalue weighted by atomic mass is 10.2. The van der Waals surface area contributed by atoms with E-state index in [-0.39, 0.29) is 6.61 Å². The molecule has 2 aromatic carbocycles. The van der Waals surface area contributed by atoms with Gasteiger partial charge in [-0.2, -0.15) is 9.97 Å². The molecule has 1 aliphatic rings. The normalized spacial score (nSPS) is 15.1. The molecule has 0 bridgehead atoms. The monoisotopic (exact) mass is 437 g/mol. The van der Waals surface area contributed by atoms with Gasteiger partial charge in [-0.15, -0.1) is 0 Å². The summed E-state index contributed by atoms with van der Waals surface area (Å²) in [6, 6.07) is 16.3. The van der Waals surface area contributed by atoms with Gasteiger partial charge < -0.3 is 19.5 Å². The Morgan fingerprint density at radius 1 is 0.938 bits per heavy atom. The van der Waals surface area contributed by atoms with Gasteiger partial charge in [0, 0.05) is 57.4 Å². The molecular formula is C24H31N5O3. The van der Waals surface area contributed by atoms with Crippen molar-refractivity contribution in [3.05, 3.63) is 48.5 Å². The van der Waals surface area contributed by atoms with E-state index in [0.29, 0.717) is 12.6 Å². The van der Waals surface area contributed by atoms with Gasteiger partial charge in [-0.25, -0.2) is 0 Å². The summed E-state index contributed by atoms with van der Waals surface area (Å²) in [4.78, 5) is 16.1. The second kappa shape index (κ2) is 10.6. The number of nitrogens with zero attached hydrogens (tertiary/aromatic N) is 5. The number of piperazine rings is 1. The number of aliphatic hydroxyl groups excluding tert-OH is 1. The van der Waals surface area contributed by atoms with Crippen molar-refractivity contribution in [2.24, 2.45) is 0 Å². The van der Waals surface area contributed by atoms with Crippen LogP contribution in [0.3, 0.4) is 0 Å². The van der Waals surface area contributed by atoms with E-state index in [0.717, 1.165) is 67.4 Å². The highest BCUT2D eigenvalue weighted by Gasteiger charge is 2.17. The topological polar surface area (TPSA) is 74.2 Å². The van der Waals surface area contributed by atoms with Gasteiger partial charge in [-0.05, 0) is 36.4 Å². The van der Waals surface area contributed by atoms with Crippen molar-refractivity contribution in [2.45, 2.75) is 0 Å². The van der Waals surface area contributed by atoms with Crippen LogP contribution in [0.15, 0.2) is 48.5 Å². The zero-order chi connectivity index (χ0) is 22.3. The van der Waals surface area contributed by atoms with Crippen molar-refractivity contribution in [1.82, 2.24) is 19.8 Å². The predicted molar refractivity (Wildman–Crippen MR) is 126 cm³/mol. The second-order valence-corrected chi connectivity index (χ2v) is 7.86. The number of rotatable bonds is 9. The third-order valence-corrected chi connectivity index (χ3v) is 5.86. The molecule has 0 amide bonds. The van der Waals surface area contributed by atoms with Gasteiger partial charge in [0.2, 0.25) is 0 Å². The predicted octanol–water partition coefficient (Wildman–Crippen LogP) is 2.40. The number of para-hydroxylation sites is 1. The van der Waals surface area contributed by atoms with Gasteiger partial charge in [-0.1, -0.05) is 12.1 Å². The first kappa shape index (κ1) is 22.3. The smallest absolute Gasteiger partial charge is 0.319 e. The van der Waals surface area contributed by atoms with Crippen molar-refractivity contribution in [1.29, 1.82) is 0 Å². The summed E-state index contributed by atoms with van der Waals surface area (Å²) < 4.78 is 11.3. The molecule has 0 saturated carbocycles. The quantitative estimate of drug-likeness (QED) is 0.547. The number of β-amino-alcohol motifs (C(OH)–C–C–N with tert-alkyl or cyclic N) is 1. The van der Waals surface area contributed by atoms with Gasteiger partial charge >= 0.3 is 6.01 Å². The molecule has 1 fully saturated rings. The molecule has 1 aliphatic heterocycles. The van der Waals surface area contributed by atoms with E-state index in [1.54, 1.807) is 7.11 Å². The average Bonchev–Trinajstić information content (AvgIpc) is 2.84. The van der Waals surface area contributed by atoms with Crippen LogP contribution in [0, 0.1) is 0 Å². The lowest BCUT2D eigenvalue weighted by molar-refractivity contribution is 0.100. The zero-order valence-corrected chi connectivity index (χ0v) is 18.8. The third-order valence-electron chi connectivity index (χ3n) is 5.86. The first-order valence-corrected chi connectivity index (χ1v) is 11.0. The fourth-order valence-corrected chi connectivity index (χ4v) is 3.93. The Morgan fingerprint density at radius 2 is 1.62 bits per heavy atom. The molecule has 0 aliphatic carbocycles. The van der Waals surface area contributed by atoms with Crippen molar-refractivity contribution >= 4 is 22.4 Å². The Balaban J connectivity index is 1.46. The number of hydrogen-bond donors (Lipinski definition) is 1. The standard InChI is InChI=1S/C24H31N5O3/c1-27(19-7-9-20(31-2)10-8-19)23-21-5-3-4-6-22(21)25-24(26-23)32-18-16-29-13-11-28(12-14-29)15-17-30/h3-10,30H,11-18H2,1-2H3. The van der Waals surface area contributed by atoms with Gasteiger partial charge in [0.15, 0.2) is 0 Å². The van der Waals surface area contributed by atoms with Crippen LogP contribution in [0.2, 0.25) is 0 Å². The number of anilines is 2. The number of aromatic nitrogens is 2. The largest absolute Gasteiger partial charge is 0.497 e. The third kappa shape index (κ3) is 5.27. The van der Waals surface area contributed by atoms with Gasteiger partial charge in [0.25, 0.3) is 0 Å². The molecule has 3 aromatic rings. The van der Waals surface area contributed by atoms with E-state index < -0.39 is 0 Å². The highest BCUT2D eigenvalue weighted by molar-refractivity contribution is 5.91. The summed E-state index contributed by atoms with van der Waals surface area (Å²) in [6.07, 6.45) is 0. The molecule has 1 N–H and O–H groups in total. The van der Waals surface area contributed by atoms with Crippen molar-refractivity contribution < 1.29 is 14.6 Å². The lowest BCUT2D eigenvalue weighted by Crippen LogP contribution is -2.48. The Kier molecular flexibility index (Phi) is 7.36. The summed E-state index contributed by atoms with van der Waals surface area (Å²) in [6.45, 7) is 6.24. The van der Waals surface area contributed by atoms with Crippen molar-refractivity contribution in [3.63, 3.8) is 0 Å². The highest BCUT2D eigenvalue weighted by atomic mass is 16.5. The molecule has 1 aromatic heterocycles. The van der Waals surface area contributed by atoms with Crippen LogP contribution in [-0.4, -0.2) is 91.5 Å². The van der Waals surface area contributed by atoms with E-state index in [9.17, 15) is 0 Å². The molecule has 170 valence electrons. The number of hydrogen-bond acceptors (Lipinski definition) is 8. The Bertz CT molecular complexity index is 1010. The lowest BCUT2D eigenvalue weighted by Gasteiger charge is -2.34. The Labute approximate surface area is 189 Å². The average molecular weight is 438 g/mol. The van der Waals surface area contributed by atoms with E-state index in [1.165, 1.54) is 0 Å². The van der Waals surface area contributed by atoms with Gasteiger partial charge in [0.05, 0.1) is 19.2 Å². The number of ether oxygens (including phenoxy) is 2. The SMILES string of the molecule is COc1ccc(N(C)c2nc(OCCN3CCN(CCO)CC3)nc3ccccc23)cc1. The van der Waals surface area contributed by atoms with Crippen LogP contribution in [0.5, 0.6) is 11.8 Å². The van der Waals surface area contributed by atoms with E-state index in [2.05, 4.69) is 14.8 Å². The molecule has 8 heteroatoms. The van der Waals surface area contributed by atoms with Crippen LogP contribution in [0.4, 0.5) is 11.5 Å². The van der Waals surface area contributed by atoms with E-state index in [4.69, 9.17) is 19.6 Å². The number of fused-ring (bicyclic) bond motifs is 1. The molecule has 0 spiro atoms. The van der Waals surface area contributed by atoms with Crippen molar-refractivity contribution in [2.75, 3.05) is 71.5 Å². The summed E-state index contributed by atoms with van der Waals surface area (Å²) in [7, 11) is 3.65. The summed E-state index contributed by atoms with van der Waals surface area (Å²) in [5, 5.41) is 10.1. The Morgan fingerprint density at radius 3 is 2.31 bits per heavy atom. The van der Waals surface area contributed by atoms with Crippen molar-refractivity contribution in [3.8, 4) is 11.8 Å². The summed E-state index contributed by atoms with van der Waals surface area (Å²) in [5.41, 5.74) is 1.85. The fourth-order valence-electron chi connectivity index (χ4n) is 3.93. The van der Waals surface area contributed by atoms with Gasteiger partial charge in [0.1, 0.15) is 18.2 Å². The number of methoxy groups -OCH3 is 1. The summed E-state index contributed by atoms with van der Waals surface area (Å²) in [5.74, 6) is 1.62. The Hall–Kier alpha value is -2.94. The van der Waals surface area contributed by atoms with Crippen LogP contribution in [0.1, 0.15) is 0 Å². The minimum Gasteiger partial charge on any atom is -0.497 e. The first-order chi connectivity index (χ1) is 15.7. The molecule has 4 rings (SSSR count). The summed E-state index contributed by atoms with van der Waals surface area (Å²) >= 11 is 0. The molecule has 2 heterocycles. The van der Waals surface area contributed by atoms with E-state index >= 15 is 0 Å². The number of aliphatic hydroxyl groups is 1. The first-order valence-electron chi connectivity index (χ1n) is 11.0. The van der Waals surface area contributed by atoms with Crippen LogP contribution in [0.25, 0.3) is 10.9 Å². The van der Waals surface area contributed by atoms with Crippen LogP contribution in [-0.2, 0) is 0 Å².